The summed E-state index contributed by atoms with van der Waals surface area (Å²) in [4.78, 5) is 31.2. The molecular formula is C21H21Cl2N3O2. The number of anilines is 2. The van der Waals surface area contributed by atoms with Gasteiger partial charge in [-0.1, -0.05) is 35.3 Å². The van der Waals surface area contributed by atoms with Crippen molar-refractivity contribution in [3.05, 3.63) is 58.1 Å². The van der Waals surface area contributed by atoms with Gasteiger partial charge in [0.1, 0.15) is 0 Å². The minimum atomic E-state index is -0.408. The van der Waals surface area contributed by atoms with E-state index in [1.807, 2.05) is 18.2 Å². The maximum absolute atomic E-state index is 13.0. The minimum absolute atomic E-state index is 0.167. The van der Waals surface area contributed by atoms with Crippen LogP contribution in [0.4, 0.5) is 11.4 Å². The highest BCUT2D eigenvalue weighted by molar-refractivity contribution is 6.31. The summed E-state index contributed by atoms with van der Waals surface area (Å²) in [5, 5.41) is 1.23. The normalized spacial score (nSPS) is 20.9. The van der Waals surface area contributed by atoms with Gasteiger partial charge in [0.15, 0.2) is 0 Å². The fourth-order valence-electron chi connectivity index (χ4n) is 3.99. The second-order valence-corrected chi connectivity index (χ2v) is 8.09. The van der Waals surface area contributed by atoms with Crippen molar-refractivity contribution < 1.29 is 9.59 Å². The lowest BCUT2D eigenvalue weighted by Gasteiger charge is -2.38. The third-order valence-corrected chi connectivity index (χ3v) is 5.93. The molecule has 146 valence electrons. The molecule has 0 bridgehead atoms. The fourth-order valence-corrected chi connectivity index (χ4v) is 4.34. The molecule has 0 N–H and O–H groups in total. The van der Waals surface area contributed by atoms with Gasteiger partial charge in [0.2, 0.25) is 5.91 Å². The molecule has 4 rings (SSSR count). The summed E-state index contributed by atoms with van der Waals surface area (Å²) in [6, 6.07) is 12.4. The van der Waals surface area contributed by atoms with Crippen molar-refractivity contribution in [1.82, 2.24) is 4.90 Å². The molecule has 2 saturated heterocycles. The second kappa shape index (κ2) is 7.74. The lowest BCUT2D eigenvalue weighted by Crippen LogP contribution is -2.52. The number of nitrogens with zero attached hydrogens (tertiary/aromatic N) is 3. The van der Waals surface area contributed by atoms with Crippen molar-refractivity contribution in [2.45, 2.75) is 19.4 Å². The monoisotopic (exact) mass is 417 g/mol. The van der Waals surface area contributed by atoms with Crippen LogP contribution >= 0.6 is 23.2 Å². The number of amides is 2. The summed E-state index contributed by atoms with van der Waals surface area (Å²) in [5.74, 6) is -0.343. The molecule has 0 saturated carbocycles. The molecule has 7 heteroatoms. The van der Waals surface area contributed by atoms with Crippen LogP contribution in [-0.2, 0) is 9.59 Å². The van der Waals surface area contributed by atoms with Crippen molar-refractivity contribution in [1.29, 1.82) is 0 Å². The number of carbonyl (C=O) groups is 2. The van der Waals surface area contributed by atoms with Crippen LogP contribution in [0.5, 0.6) is 0 Å². The molecule has 2 heterocycles. The van der Waals surface area contributed by atoms with E-state index >= 15 is 0 Å². The van der Waals surface area contributed by atoms with Gasteiger partial charge in [-0.25, -0.2) is 4.90 Å². The first-order chi connectivity index (χ1) is 13.4. The molecule has 1 atom stereocenters. The Morgan fingerprint density at radius 3 is 2.36 bits per heavy atom. The second-order valence-electron chi connectivity index (χ2n) is 7.22. The van der Waals surface area contributed by atoms with Gasteiger partial charge in [-0.15, -0.1) is 0 Å². The Hall–Kier alpha value is -2.08. The van der Waals surface area contributed by atoms with E-state index in [1.54, 1.807) is 24.3 Å². The highest BCUT2D eigenvalue weighted by Gasteiger charge is 2.43. The largest absolute Gasteiger partial charge is 0.369 e. The third-order valence-electron chi connectivity index (χ3n) is 5.46. The number of hydrogen-bond acceptors (Lipinski definition) is 4. The highest BCUT2D eigenvalue weighted by Crippen LogP contribution is 2.30. The van der Waals surface area contributed by atoms with Gasteiger partial charge in [-0.2, -0.15) is 0 Å². The van der Waals surface area contributed by atoms with E-state index in [0.717, 1.165) is 36.9 Å². The summed E-state index contributed by atoms with van der Waals surface area (Å²) in [7, 11) is 0. The number of imide groups is 1. The molecular weight excluding hydrogens is 397 g/mol. The van der Waals surface area contributed by atoms with Crippen LogP contribution in [-0.4, -0.2) is 48.9 Å². The first-order valence-electron chi connectivity index (χ1n) is 9.31. The van der Waals surface area contributed by atoms with Crippen molar-refractivity contribution in [3.8, 4) is 0 Å². The summed E-state index contributed by atoms with van der Waals surface area (Å²) in [6.07, 6.45) is 0.210. The van der Waals surface area contributed by atoms with Crippen molar-refractivity contribution in [3.63, 3.8) is 0 Å². The molecule has 1 unspecified atom stereocenters. The molecule has 2 amide bonds. The van der Waals surface area contributed by atoms with Gasteiger partial charge in [0.25, 0.3) is 5.91 Å². The van der Waals surface area contributed by atoms with Crippen LogP contribution in [0.1, 0.15) is 12.0 Å². The highest BCUT2D eigenvalue weighted by atomic mass is 35.5. The Balaban J connectivity index is 1.46. The number of rotatable bonds is 3. The van der Waals surface area contributed by atoms with E-state index in [0.29, 0.717) is 10.7 Å². The topological polar surface area (TPSA) is 43.9 Å². The van der Waals surface area contributed by atoms with Crippen LogP contribution < -0.4 is 9.80 Å². The number of benzene rings is 2. The van der Waals surface area contributed by atoms with Crippen molar-refractivity contribution in [2.24, 2.45) is 0 Å². The molecule has 2 aromatic carbocycles. The van der Waals surface area contributed by atoms with Crippen LogP contribution in [0.3, 0.4) is 0 Å². The van der Waals surface area contributed by atoms with E-state index in [9.17, 15) is 9.59 Å². The van der Waals surface area contributed by atoms with Crippen LogP contribution in [0.15, 0.2) is 42.5 Å². The predicted molar refractivity (Wildman–Crippen MR) is 112 cm³/mol. The molecule has 28 heavy (non-hydrogen) atoms. The third kappa shape index (κ3) is 3.62. The Labute approximate surface area is 174 Å². The Kier molecular flexibility index (Phi) is 5.32. The van der Waals surface area contributed by atoms with E-state index in [1.165, 1.54) is 10.5 Å². The molecule has 0 aliphatic carbocycles. The van der Waals surface area contributed by atoms with Gasteiger partial charge in [-0.05, 0) is 42.8 Å². The molecule has 2 aromatic rings. The zero-order chi connectivity index (χ0) is 19.8. The average molecular weight is 418 g/mol. The molecule has 5 nitrogen and oxygen atoms in total. The van der Waals surface area contributed by atoms with E-state index in [-0.39, 0.29) is 18.2 Å². The van der Waals surface area contributed by atoms with Crippen molar-refractivity contribution in [2.75, 3.05) is 36.0 Å². The summed E-state index contributed by atoms with van der Waals surface area (Å²) in [6.45, 7) is 5.09. The van der Waals surface area contributed by atoms with Gasteiger partial charge in [0.05, 0.1) is 18.2 Å². The minimum Gasteiger partial charge on any atom is -0.369 e. The lowest BCUT2D eigenvalue weighted by molar-refractivity contribution is -0.123. The van der Waals surface area contributed by atoms with E-state index < -0.39 is 6.04 Å². The summed E-state index contributed by atoms with van der Waals surface area (Å²) >= 11 is 12.2. The molecule has 0 aromatic heterocycles. The van der Waals surface area contributed by atoms with Gasteiger partial charge >= 0.3 is 0 Å². The Morgan fingerprint density at radius 2 is 1.64 bits per heavy atom. The van der Waals surface area contributed by atoms with Crippen LogP contribution in [0.2, 0.25) is 10.0 Å². The number of halogens is 2. The smallest absolute Gasteiger partial charge is 0.251 e. The predicted octanol–water partition coefficient (Wildman–Crippen LogP) is 3.76. The molecule has 0 radical (unpaired) electrons. The number of carbonyl (C=O) groups excluding carboxylic acids is 2. The zero-order valence-corrected chi connectivity index (χ0v) is 17.1. The molecule has 2 fully saturated rings. The number of hydrogen-bond donors (Lipinski definition) is 0. The van der Waals surface area contributed by atoms with Gasteiger partial charge < -0.3 is 4.90 Å². The van der Waals surface area contributed by atoms with E-state index in [2.05, 4.69) is 16.7 Å². The number of aryl methyl sites for hydroxylation is 1. The Morgan fingerprint density at radius 1 is 0.929 bits per heavy atom. The Bertz CT molecular complexity index is 926. The zero-order valence-electron chi connectivity index (χ0n) is 15.6. The SMILES string of the molecule is Cc1ccc(Cl)cc1N1CCN(C2CC(=O)N(c3cccc(Cl)c3)C2=O)CC1. The van der Waals surface area contributed by atoms with Gasteiger partial charge in [0, 0.05) is 41.9 Å². The van der Waals surface area contributed by atoms with E-state index in [4.69, 9.17) is 23.2 Å². The molecule has 2 aliphatic rings. The lowest BCUT2D eigenvalue weighted by atomic mass is 10.1. The van der Waals surface area contributed by atoms with Crippen molar-refractivity contribution >= 4 is 46.4 Å². The average Bonchev–Trinajstić information content (AvgIpc) is 2.98. The molecule has 0 spiro atoms. The summed E-state index contributed by atoms with van der Waals surface area (Å²) < 4.78 is 0. The maximum Gasteiger partial charge on any atom is 0.251 e. The molecule has 2 aliphatic heterocycles. The quantitative estimate of drug-likeness (QED) is 0.713. The fraction of sp³-hybridized carbons (Fsp3) is 0.333. The first-order valence-corrected chi connectivity index (χ1v) is 10.1. The van der Waals surface area contributed by atoms with Crippen LogP contribution in [0.25, 0.3) is 0 Å². The summed E-state index contributed by atoms with van der Waals surface area (Å²) in [5.41, 5.74) is 2.84. The van der Waals surface area contributed by atoms with Gasteiger partial charge in [-0.3, -0.25) is 14.5 Å². The standard InChI is InChI=1S/C21H21Cl2N3O2/c1-14-5-6-16(23)12-18(14)24-7-9-25(10-8-24)19-13-20(27)26(21(19)28)17-4-2-3-15(22)11-17/h2-6,11-12,19H,7-10,13H2,1H3. The number of piperazine rings is 1. The maximum atomic E-state index is 13.0. The first kappa shape index (κ1) is 19.2. The van der Waals surface area contributed by atoms with Crippen LogP contribution in [0, 0.1) is 6.92 Å².